The van der Waals surface area contributed by atoms with Crippen LogP contribution in [-0.2, 0) is 10.9 Å². The van der Waals surface area contributed by atoms with Crippen LogP contribution in [0.4, 0.5) is 30.2 Å². The van der Waals surface area contributed by atoms with Crippen molar-refractivity contribution < 1.29 is 17.9 Å². The third-order valence-corrected chi connectivity index (χ3v) is 5.95. The molecule has 5 nitrogen and oxygen atoms in total. The van der Waals surface area contributed by atoms with E-state index in [-0.39, 0.29) is 30.9 Å². The number of para-hydroxylation sites is 2. The van der Waals surface area contributed by atoms with Crippen molar-refractivity contribution in [2.24, 2.45) is 4.99 Å². The van der Waals surface area contributed by atoms with E-state index < -0.39 is 11.7 Å². The van der Waals surface area contributed by atoms with E-state index in [0.29, 0.717) is 36.8 Å². The Hall–Kier alpha value is -2.00. The molecule has 1 fully saturated rings. The molecule has 2 aliphatic rings. The van der Waals surface area contributed by atoms with Crippen LogP contribution in [0.5, 0.6) is 0 Å². The zero-order valence-electron chi connectivity index (χ0n) is 18.6. The number of amidine groups is 1. The monoisotopic (exact) mass is 504 g/mol. The van der Waals surface area contributed by atoms with Crippen molar-refractivity contribution in [1.82, 2.24) is 9.80 Å². The van der Waals surface area contributed by atoms with Gasteiger partial charge in [0.25, 0.3) is 0 Å². The van der Waals surface area contributed by atoms with Crippen LogP contribution in [0, 0.1) is 0 Å². The van der Waals surface area contributed by atoms with E-state index in [2.05, 4.69) is 22.2 Å². The largest absolute Gasteiger partial charge is 0.416 e. The lowest BCUT2D eigenvalue weighted by Gasteiger charge is -2.41. The second-order valence-corrected chi connectivity index (χ2v) is 8.05. The topological polar surface area (TPSA) is 40.1 Å². The fourth-order valence-electron chi connectivity index (χ4n) is 4.17. The van der Waals surface area contributed by atoms with Crippen LogP contribution < -0.4 is 5.32 Å². The summed E-state index contributed by atoms with van der Waals surface area (Å²) in [6.07, 6.45) is -2.52. The molecule has 2 aliphatic heterocycles. The van der Waals surface area contributed by atoms with E-state index in [9.17, 15) is 13.2 Å². The third kappa shape index (κ3) is 6.12. The van der Waals surface area contributed by atoms with Gasteiger partial charge < -0.3 is 15.0 Å². The number of aliphatic imine (C=N–C) groups is 1. The number of likely N-dealkylation sites (N-methyl/N-ethyl adjacent to an activating group) is 1. The highest BCUT2D eigenvalue weighted by atomic mass is 35.5. The molecule has 2 aromatic rings. The Morgan fingerprint density at radius 2 is 1.85 bits per heavy atom. The number of ether oxygens (including phenoxy) is 1. The molecule has 2 aromatic carbocycles. The molecule has 1 atom stereocenters. The summed E-state index contributed by atoms with van der Waals surface area (Å²) in [5.41, 5.74) is 1.94. The summed E-state index contributed by atoms with van der Waals surface area (Å²) < 4.78 is 45.6. The molecule has 0 unspecified atom stereocenters. The van der Waals surface area contributed by atoms with E-state index in [0.717, 1.165) is 36.8 Å². The van der Waals surface area contributed by atoms with Crippen molar-refractivity contribution in [2.75, 3.05) is 45.7 Å². The molecule has 4 rings (SSSR count). The molecule has 33 heavy (non-hydrogen) atoms. The number of nitrogens with one attached hydrogen (secondary N) is 1. The Morgan fingerprint density at radius 3 is 2.58 bits per heavy atom. The molecular weight excluding hydrogens is 476 g/mol. The van der Waals surface area contributed by atoms with Gasteiger partial charge in [-0.3, -0.25) is 4.90 Å². The van der Waals surface area contributed by atoms with Gasteiger partial charge in [0.2, 0.25) is 0 Å². The van der Waals surface area contributed by atoms with Gasteiger partial charge >= 0.3 is 6.18 Å². The predicted octanol–water partition coefficient (Wildman–Crippen LogP) is 5.73. The minimum absolute atomic E-state index is 0. The van der Waals surface area contributed by atoms with Gasteiger partial charge in [-0.1, -0.05) is 12.1 Å². The number of alkyl halides is 3. The highest BCUT2D eigenvalue weighted by molar-refractivity contribution is 6.08. The number of methoxy groups -OCH3 is 1. The van der Waals surface area contributed by atoms with Crippen molar-refractivity contribution in [1.29, 1.82) is 0 Å². The number of benzene rings is 2. The zero-order chi connectivity index (χ0) is 22.0. The summed E-state index contributed by atoms with van der Waals surface area (Å²) in [5.74, 6) is 0.586. The predicted molar refractivity (Wildman–Crippen MR) is 131 cm³/mol. The summed E-state index contributed by atoms with van der Waals surface area (Å²) >= 11 is 0. The van der Waals surface area contributed by atoms with Gasteiger partial charge in [-0.2, -0.15) is 13.2 Å². The van der Waals surface area contributed by atoms with Gasteiger partial charge in [0.15, 0.2) is 0 Å². The molecule has 0 amide bonds. The molecule has 0 radical (unpaired) electrons. The first kappa shape index (κ1) is 27.2. The fraction of sp³-hybridized carbons (Fsp3) is 0.435. The highest BCUT2D eigenvalue weighted by Crippen LogP contribution is 2.38. The third-order valence-electron chi connectivity index (χ3n) is 5.95. The van der Waals surface area contributed by atoms with Crippen LogP contribution in [-0.4, -0.2) is 62.1 Å². The van der Waals surface area contributed by atoms with Gasteiger partial charge in [0.1, 0.15) is 5.84 Å². The lowest BCUT2D eigenvalue weighted by molar-refractivity contribution is -0.137. The minimum Gasteiger partial charge on any atom is -0.385 e. The van der Waals surface area contributed by atoms with Gasteiger partial charge in [-0.15, -0.1) is 24.8 Å². The highest BCUT2D eigenvalue weighted by Gasteiger charge is 2.34. The lowest BCUT2D eigenvalue weighted by Crippen LogP contribution is -2.53. The molecule has 0 spiro atoms. The molecule has 0 aliphatic carbocycles. The van der Waals surface area contributed by atoms with Crippen molar-refractivity contribution in [3.05, 3.63) is 53.6 Å². The Kier molecular flexibility index (Phi) is 9.43. The molecule has 10 heteroatoms. The average Bonchev–Trinajstić information content (AvgIpc) is 2.91. The maximum Gasteiger partial charge on any atom is 0.416 e. The van der Waals surface area contributed by atoms with Gasteiger partial charge in [-0.05, 0) is 50.2 Å². The summed E-state index contributed by atoms with van der Waals surface area (Å²) in [7, 11) is 3.78. The Labute approximate surface area is 204 Å². The number of hydrogen-bond acceptors (Lipinski definition) is 5. The number of anilines is 2. The number of rotatable bonds is 4. The maximum atomic E-state index is 13.5. The van der Waals surface area contributed by atoms with Crippen LogP contribution >= 0.6 is 24.8 Å². The van der Waals surface area contributed by atoms with Gasteiger partial charge in [0, 0.05) is 50.6 Å². The van der Waals surface area contributed by atoms with Crippen molar-refractivity contribution in [3.63, 3.8) is 0 Å². The fourth-order valence-corrected chi connectivity index (χ4v) is 4.17. The van der Waals surface area contributed by atoms with Gasteiger partial charge in [0.05, 0.1) is 16.9 Å². The molecular formula is C23H29Cl2F3N4O. The second kappa shape index (κ2) is 11.4. The van der Waals surface area contributed by atoms with E-state index in [1.165, 1.54) is 12.1 Å². The molecule has 182 valence electrons. The van der Waals surface area contributed by atoms with E-state index in [1.54, 1.807) is 7.11 Å². The zero-order valence-corrected chi connectivity index (χ0v) is 20.2. The summed E-state index contributed by atoms with van der Waals surface area (Å²) in [5, 5.41) is 3.28. The summed E-state index contributed by atoms with van der Waals surface area (Å²) in [6.45, 7) is 2.92. The lowest BCUT2D eigenvalue weighted by atomic mass is 10.0. The first-order chi connectivity index (χ1) is 14.9. The van der Waals surface area contributed by atoms with Crippen LogP contribution in [0.2, 0.25) is 0 Å². The van der Waals surface area contributed by atoms with Crippen LogP contribution in [0.3, 0.4) is 0 Å². The van der Waals surface area contributed by atoms with E-state index in [1.807, 2.05) is 24.3 Å². The molecule has 0 saturated carbocycles. The van der Waals surface area contributed by atoms with Crippen molar-refractivity contribution in [2.45, 2.75) is 25.1 Å². The smallest absolute Gasteiger partial charge is 0.385 e. The molecule has 0 aromatic heterocycles. The average molecular weight is 505 g/mol. The number of hydrogen-bond donors (Lipinski definition) is 1. The number of halogens is 5. The van der Waals surface area contributed by atoms with Crippen molar-refractivity contribution in [3.8, 4) is 0 Å². The van der Waals surface area contributed by atoms with Crippen LogP contribution in [0.1, 0.15) is 24.0 Å². The first-order valence-corrected chi connectivity index (χ1v) is 10.5. The molecule has 1 N–H and O–H groups in total. The van der Waals surface area contributed by atoms with Gasteiger partial charge in [-0.25, -0.2) is 4.99 Å². The van der Waals surface area contributed by atoms with E-state index >= 15 is 0 Å². The second-order valence-electron chi connectivity index (χ2n) is 8.05. The maximum absolute atomic E-state index is 13.5. The molecule has 2 heterocycles. The summed E-state index contributed by atoms with van der Waals surface area (Å²) in [4.78, 5) is 9.29. The Balaban J connectivity index is 0.00000193. The molecule has 1 saturated heterocycles. The van der Waals surface area contributed by atoms with E-state index in [4.69, 9.17) is 9.73 Å². The Bertz CT molecular complexity index is 971. The number of piperazine rings is 1. The quantitative estimate of drug-likeness (QED) is 0.540. The van der Waals surface area contributed by atoms with Crippen LogP contribution in [0.15, 0.2) is 47.5 Å². The normalized spacial score (nSPS) is 18.0. The Morgan fingerprint density at radius 1 is 1.09 bits per heavy atom. The number of nitrogens with zero attached hydrogens (tertiary/aromatic N) is 3. The standard InChI is InChI=1S/C23H27F3N4O.2ClH/c1-29-11-12-30(15-17(29)6-5-13-31-2)22-18-14-16(23(24,25)26)9-10-19(18)27-20-7-3-4-8-21(20)28-22;;/h3-4,7-10,14,17,27H,5-6,11-13,15H2,1-2H3;2*1H/t17-;;/m0../s1. The minimum atomic E-state index is -4.41. The molecule has 0 bridgehead atoms. The number of fused-ring (bicyclic) bond motifs is 2. The SMILES string of the molecule is COCCC[C@H]1CN(C2=Nc3ccccc3Nc3ccc(C(F)(F)F)cc32)CCN1C.Cl.Cl. The van der Waals surface area contributed by atoms with Crippen molar-refractivity contribution >= 4 is 47.7 Å². The van der Waals surface area contributed by atoms with Crippen LogP contribution in [0.25, 0.3) is 0 Å². The first-order valence-electron chi connectivity index (χ1n) is 10.5. The summed E-state index contributed by atoms with van der Waals surface area (Å²) in [6, 6.07) is 11.7.